The number of aromatic nitrogens is 2. The Balaban J connectivity index is 1.71. The van der Waals surface area contributed by atoms with Crippen LogP contribution in [0.4, 0.5) is 0 Å². The van der Waals surface area contributed by atoms with E-state index in [1.165, 1.54) is 18.5 Å². The van der Waals surface area contributed by atoms with E-state index >= 15 is 0 Å². The molecule has 2 rings (SSSR count). The van der Waals surface area contributed by atoms with Crippen molar-refractivity contribution in [1.82, 2.24) is 15.1 Å². The van der Waals surface area contributed by atoms with Gasteiger partial charge in [-0.2, -0.15) is 5.10 Å². The highest BCUT2D eigenvalue weighted by atomic mass is 35.5. The molecule has 1 fully saturated rings. The molecule has 1 N–H and O–H groups in total. The fraction of sp³-hybridized carbons (Fsp3) is 0.727. The van der Waals surface area contributed by atoms with Gasteiger partial charge in [0.2, 0.25) is 0 Å². The Kier molecular flexibility index (Phi) is 3.32. The quantitative estimate of drug-likeness (QED) is 0.796. The summed E-state index contributed by atoms with van der Waals surface area (Å²) < 4.78 is 1.94. The Hall–Kier alpha value is -0.540. The van der Waals surface area contributed by atoms with Crippen molar-refractivity contribution >= 4 is 11.6 Å². The van der Waals surface area contributed by atoms with Crippen LogP contribution in [0.15, 0.2) is 6.07 Å². The van der Waals surface area contributed by atoms with Gasteiger partial charge in [-0.15, -0.1) is 11.6 Å². The lowest BCUT2D eigenvalue weighted by molar-refractivity contribution is 0.307. The van der Waals surface area contributed by atoms with Gasteiger partial charge in [0.25, 0.3) is 0 Å². The van der Waals surface area contributed by atoms with Crippen LogP contribution < -0.4 is 5.32 Å². The Morgan fingerprint density at radius 3 is 2.87 bits per heavy atom. The molecule has 15 heavy (non-hydrogen) atoms. The first kappa shape index (κ1) is 11.0. The van der Waals surface area contributed by atoms with Gasteiger partial charge >= 0.3 is 0 Å². The number of nitrogens with zero attached hydrogens (tertiary/aromatic N) is 2. The molecule has 3 nitrogen and oxygen atoms in total. The third-order valence-corrected chi connectivity index (χ3v) is 3.37. The van der Waals surface area contributed by atoms with Crippen LogP contribution >= 0.6 is 11.6 Å². The number of alkyl halides is 1. The molecule has 0 radical (unpaired) electrons. The van der Waals surface area contributed by atoms with Gasteiger partial charge in [-0.3, -0.25) is 4.68 Å². The van der Waals surface area contributed by atoms with E-state index in [1.807, 2.05) is 18.7 Å². The van der Waals surface area contributed by atoms with E-state index in [1.54, 1.807) is 0 Å². The minimum absolute atomic E-state index is 0.427. The van der Waals surface area contributed by atoms with Gasteiger partial charge < -0.3 is 5.32 Å². The third-order valence-electron chi connectivity index (χ3n) is 3.02. The first-order valence-corrected chi connectivity index (χ1v) is 5.93. The first-order valence-electron chi connectivity index (χ1n) is 5.49. The summed E-state index contributed by atoms with van der Waals surface area (Å²) in [5.41, 5.74) is 2.33. The molecule has 1 aromatic rings. The van der Waals surface area contributed by atoms with E-state index in [4.69, 9.17) is 11.6 Å². The second kappa shape index (κ2) is 4.54. The lowest BCUT2D eigenvalue weighted by Crippen LogP contribution is -2.33. The van der Waals surface area contributed by atoms with Crippen molar-refractivity contribution < 1.29 is 0 Å². The maximum atomic E-state index is 5.93. The summed E-state index contributed by atoms with van der Waals surface area (Å²) in [6, 6.07) is 2.12. The van der Waals surface area contributed by atoms with Crippen LogP contribution in [0.5, 0.6) is 0 Å². The molecule has 0 amide bonds. The van der Waals surface area contributed by atoms with Crippen molar-refractivity contribution in [2.75, 3.05) is 6.54 Å². The Bertz CT molecular complexity index is 329. The third kappa shape index (κ3) is 2.73. The lowest BCUT2D eigenvalue weighted by Gasteiger charge is -2.30. The zero-order chi connectivity index (χ0) is 10.8. The Morgan fingerprint density at radius 2 is 2.33 bits per heavy atom. The molecule has 0 atom stereocenters. The maximum absolute atomic E-state index is 5.93. The monoisotopic (exact) mass is 227 g/mol. The average molecular weight is 228 g/mol. The SMILES string of the molecule is Cc1cc(CNCC2CC(Cl)C2)n(C)n1. The summed E-state index contributed by atoms with van der Waals surface area (Å²) in [5.74, 6) is 0.779. The number of hydrogen-bond acceptors (Lipinski definition) is 2. The van der Waals surface area contributed by atoms with Crippen molar-refractivity contribution in [3.63, 3.8) is 0 Å². The van der Waals surface area contributed by atoms with Crippen LogP contribution in [-0.4, -0.2) is 21.7 Å². The lowest BCUT2D eigenvalue weighted by atomic mass is 9.85. The number of halogens is 1. The predicted molar refractivity (Wildman–Crippen MR) is 62.0 cm³/mol. The first-order chi connectivity index (χ1) is 7.15. The zero-order valence-electron chi connectivity index (χ0n) is 9.33. The predicted octanol–water partition coefficient (Wildman–Crippen LogP) is 1.84. The summed E-state index contributed by atoms with van der Waals surface area (Å²) in [6.45, 7) is 4.00. The topological polar surface area (TPSA) is 29.9 Å². The molecule has 0 aromatic carbocycles. The van der Waals surface area contributed by atoms with Crippen molar-refractivity contribution in [2.45, 2.75) is 31.7 Å². The molecule has 0 saturated heterocycles. The molecule has 0 aliphatic heterocycles. The second-order valence-electron chi connectivity index (χ2n) is 4.47. The Morgan fingerprint density at radius 1 is 1.60 bits per heavy atom. The molecule has 1 aromatic heterocycles. The largest absolute Gasteiger partial charge is 0.311 e. The van der Waals surface area contributed by atoms with Crippen LogP contribution in [0.3, 0.4) is 0 Å². The van der Waals surface area contributed by atoms with Crippen LogP contribution in [0.25, 0.3) is 0 Å². The van der Waals surface area contributed by atoms with Gasteiger partial charge in [-0.1, -0.05) is 0 Å². The zero-order valence-corrected chi connectivity index (χ0v) is 10.1. The molecule has 1 saturated carbocycles. The van der Waals surface area contributed by atoms with E-state index < -0.39 is 0 Å². The van der Waals surface area contributed by atoms with Gasteiger partial charge in [0.1, 0.15) is 0 Å². The summed E-state index contributed by atoms with van der Waals surface area (Å²) in [5, 5.41) is 8.20. The number of aryl methyl sites for hydroxylation is 2. The highest BCUT2D eigenvalue weighted by Gasteiger charge is 2.26. The Labute approximate surface area is 95.8 Å². The fourth-order valence-corrected chi connectivity index (χ4v) is 2.56. The smallest absolute Gasteiger partial charge is 0.0597 e. The van der Waals surface area contributed by atoms with Gasteiger partial charge in [-0.25, -0.2) is 0 Å². The molecule has 0 spiro atoms. The molecular weight excluding hydrogens is 210 g/mol. The van der Waals surface area contributed by atoms with Gasteiger partial charge in [0, 0.05) is 19.0 Å². The summed E-state index contributed by atoms with van der Waals surface area (Å²) in [4.78, 5) is 0. The van der Waals surface area contributed by atoms with Crippen molar-refractivity contribution in [3.05, 3.63) is 17.5 Å². The highest BCUT2D eigenvalue weighted by Crippen LogP contribution is 2.31. The minimum atomic E-state index is 0.427. The second-order valence-corrected chi connectivity index (χ2v) is 5.08. The van der Waals surface area contributed by atoms with Crippen molar-refractivity contribution in [3.8, 4) is 0 Å². The van der Waals surface area contributed by atoms with Crippen LogP contribution in [0.2, 0.25) is 0 Å². The van der Waals surface area contributed by atoms with E-state index in [9.17, 15) is 0 Å². The van der Waals surface area contributed by atoms with E-state index in [0.717, 1.165) is 24.7 Å². The summed E-state index contributed by atoms with van der Waals surface area (Å²) >= 11 is 5.93. The normalized spacial score (nSPS) is 25.3. The number of rotatable bonds is 4. The molecule has 0 unspecified atom stereocenters. The highest BCUT2D eigenvalue weighted by molar-refractivity contribution is 6.21. The average Bonchev–Trinajstić information content (AvgIpc) is 2.42. The van der Waals surface area contributed by atoms with Crippen LogP contribution in [0, 0.1) is 12.8 Å². The van der Waals surface area contributed by atoms with E-state index in [2.05, 4.69) is 16.5 Å². The van der Waals surface area contributed by atoms with Crippen molar-refractivity contribution in [2.24, 2.45) is 13.0 Å². The van der Waals surface area contributed by atoms with Crippen LogP contribution in [0.1, 0.15) is 24.2 Å². The van der Waals surface area contributed by atoms with E-state index in [0.29, 0.717) is 5.38 Å². The van der Waals surface area contributed by atoms with E-state index in [-0.39, 0.29) is 0 Å². The molecular formula is C11H18ClN3. The fourth-order valence-electron chi connectivity index (χ4n) is 2.06. The summed E-state index contributed by atoms with van der Waals surface area (Å²) in [6.07, 6.45) is 2.33. The standard InChI is InChI=1S/C11H18ClN3/c1-8-3-11(15(2)14-8)7-13-6-9-4-10(12)5-9/h3,9-10,13H,4-7H2,1-2H3. The molecule has 1 aliphatic carbocycles. The minimum Gasteiger partial charge on any atom is -0.311 e. The maximum Gasteiger partial charge on any atom is 0.0597 e. The van der Waals surface area contributed by atoms with Gasteiger partial charge in [-0.05, 0) is 38.3 Å². The molecule has 4 heteroatoms. The molecule has 0 bridgehead atoms. The van der Waals surface area contributed by atoms with Crippen molar-refractivity contribution in [1.29, 1.82) is 0 Å². The number of hydrogen-bond donors (Lipinski definition) is 1. The van der Waals surface area contributed by atoms with Gasteiger partial charge in [0.15, 0.2) is 0 Å². The molecule has 1 aliphatic rings. The summed E-state index contributed by atoms with van der Waals surface area (Å²) in [7, 11) is 1.99. The molecule has 84 valence electrons. The molecule has 1 heterocycles. The van der Waals surface area contributed by atoms with Crippen LogP contribution in [-0.2, 0) is 13.6 Å². The number of nitrogens with one attached hydrogen (secondary N) is 1. The van der Waals surface area contributed by atoms with Gasteiger partial charge in [0.05, 0.1) is 11.4 Å².